The standard InChI is InChI=1S/C20H31NO4/c1-6-24-18-9-13-7-8-21-12-19(25-20(2,3)4)16(22)11-15(21)14(13)10-17(18)23-5/h9-10,15-16,19,22H,6-8,11-12H2,1-5H3/t15-,16-,19-/m1/s1/i1D3,6D2. The van der Waals surface area contributed by atoms with Gasteiger partial charge in [-0.2, -0.15) is 0 Å². The second-order valence-corrected chi connectivity index (χ2v) is 7.74. The van der Waals surface area contributed by atoms with Gasteiger partial charge in [0.1, 0.15) is 0 Å². The van der Waals surface area contributed by atoms with Gasteiger partial charge >= 0.3 is 0 Å². The molecule has 1 saturated heterocycles. The topological polar surface area (TPSA) is 51.2 Å². The van der Waals surface area contributed by atoms with Gasteiger partial charge in [0, 0.05) is 23.2 Å². The van der Waals surface area contributed by atoms with Crippen molar-refractivity contribution >= 4 is 0 Å². The van der Waals surface area contributed by atoms with E-state index in [-0.39, 0.29) is 29.2 Å². The molecule has 0 spiro atoms. The number of hydrogen-bond acceptors (Lipinski definition) is 5. The summed E-state index contributed by atoms with van der Waals surface area (Å²) in [4.78, 5) is 2.28. The second kappa shape index (κ2) is 7.14. The van der Waals surface area contributed by atoms with Crippen LogP contribution in [0.15, 0.2) is 12.1 Å². The van der Waals surface area contributed by atoms with E-state index in [1.165, 1.54) is 7.11 Å². The van der Waals surface area contributed by atoms with E-state index in [0.717, 1.165) is 17.7 Å². The molecule has 2 heterocycles. The lowest BCUT2D eigenvalue weighted by Crippen LogP contribution is -2.53. The first-order valence-electron chi connectivity index (χ1n) is 11.2. The fraction of sp³-hybridized carbons (Fsp3) is 0.700. The minimum atomic E-state index is -2.93. The lowest BCUT2D eigenvalue weighted by atomic mass is 9.84. The van der Waals surface area contributed by atoms with Crippen LogP contribution < -0.4 is 9.47 Å². The van der Waals surface area contributed by atoms with E-state index >= 15 is 0 Å². The minimum absolute atomic E-state index is 0.0223. The molecule has 5 heteroatoms. The molecular weight excluding hydrogens is 318 g/mol. The lowest BCUT2D eigenvalue weighted by Gasteiger charge is -2.46. The fourth-order valence-electron chi connectivity index (χ4n) is 3.85. The molecule has 1 N–H and O–H groups in total. The van der Waals surface area contributed by atoms with E-state index in [2.05, 4.69) is 4.90 Å². The summed E-state index contributed by atoms with van der Waals surface area (Å²) < 4.78 is 54.3. The number of ether oxygens (including phenoxy) is 3. The highest BCUT2D eigenvalue weighted by Crippen LogP contribution is 2.42. The Hall–Kier alpha value is -1.30. The van der Waals surface area contributed by atoms with Crippen LogP contribution in [0.1, 0.15) is 58.1 Å². The third kappa shape index (κ3) is 3.94. The Morgan fingerprint density at radius 1 is 1.36 bits per heavy atom. The molecule has 0 bridgehead atoms. The van der Waals surface area contributed by atoms with Crippen LogP contribution in [0.25, 0.3) is 0 Å². The van der Waals surface area contributed by atoms with Crippen LogP contribution in [-0.2, 0) is 11.2 Å². The molecule has 0 aliphatic carbocycles. The Balaban J connectivity index is 1.88. The van der Waals surface area contributed by atoms with Crippen molar-refractivity contribution in [2.75, 3.05) is 26.8 Å². The van der Waals surface area contributed by atoms with Gasteiger partial charge in [-0.15, -0.1) is 0 Å². The van der Waals surface area contributed by atoms with Crippen molar-refractivity contribution in [2.24, 2.45) is 0 Å². The number of nitrogens with zero attached hydrogens (tertiary/aromatic N) is 1. The first-order valence-corrected chi connectivity index (χ1v) is 8.71. The predicted molar refractivity (Wildman–Crippen MR) is 97.4 cm³/mol. The van der Waals surface area contributed by atoms with Gasteiger partial charge in [-0.3, -0.25) is 4.90 Å². The van der Waals surface area contributed by atoms with Gasteiger partial charge in [-0.05, 0) is 63.7 Å². The minimum Gasteiger partial charge on any atom is -0.493 e. The molecule has 0 saturated carbocycles. The van der Waals surface area contributed by atoms with Gasteiger partial charge in [0.05, 0.1) is 34.2 Å². The normalized spacial score (nSPS) is 30.8. The summed E-state index contributed by atoms with van der Waals surface area (Å²) in [6.07, 6.45) is 0.330. The van der Waals surface area contributed by atoms with Crippen molar-refractivity contribution in [1.29, 1.82) is 0 Å². The zero-order valence-corrected chi connectivity index (χ0v) is 15.3. The van der Waals surface area contributed by atoms with Crippen molar-refractivity contribution in [2.45, 2.75) is 64.3 Å². The summed E-state index contributed by atoms with van der Waals surface area (Å²) in [5.74, 6) is 0.336. The lowest BCUT2D eigenvalue weighted by molar-refractivity contribution is -0.149. The van der Waals surface area contributed by atoms with E-state index in [0.29, 0.717) is 19.4 Å². The third-order valence-electron chi connectivity index (χ3n) is 4.87. The van der Waals surface area contributed by atoms with Crippen LogP contribution in [0.4, 0.5) is 0 Å². The number of aliphatic hydroxyl groups excluding tert-OH is 1. The molecule has 3 atom stereocenters. The average molecular weight is 355 g/mol. The highest BCUT2D eigenvalue weighted by Gasteiger charge is 2.40. The summed E-state index contributed by atoms with van der Waals surface area (Å²) in [7, 11) is 1.43. The van der Waals surface area contributed by atoms with Crippen molar-refractivity contribution in [3.8, 4) is 11.5 Å². The highest BCUT2D eigenvalue weighted by molar-refractivity contribution is 5.49. The van der Waals surface area contributed by atoms with E-state index in [1.807, 2.05) is 20.8 Å². The zero-order chi connectivity index (χ0) is 22.5. The molecule has 2 aliphatic rings. The summed E-state index contributed by atoms with van der Waals surface area (Å²) in [5, 5.41) is 10.7. The van der Waals surface area contributed by atoms with Gasteiger partial charge in [-0.1, -0.05) is 0 Å². The van der Waals surface area contributed by atoms with Gasteiger partial charge in [0.25, 0.3) is 0 Å². The van der Waals surface area contributed by atoms with E-state index in [4.69, 9.17) is 21.1 Å². The number of fused-ring (bicyclic) bond motifs is 3. The van der Waals surface area contributed by atoms with Gasteiger partial charge in [0.15, 0.2) is 11.5 Å². The van der Waals surface area contributed by atoms with E-state index < -0.39 is 19.5 Å². The second-order valence-electron chi connectivity index (χ2n) is 7.74. The summed E-state index contributed by atoms with van der Waals surface area (Å²) in [5.41, 5.74) is 1.58. The summed E-state index contributed by atoms with van der Waals surface area (Å²) in [6, 6.07) is 3.42. The molecule has 0 aromatic heterocycles. The molecule has 1 aromatic carbocycles. The number of benzene rings is 1. The molecule has 0 amide bonds. The van der Waals surface area contributed by atoms with Crippen LogP contribution in [0, 0.1) is 0 Å². The highest BCUT2D eigenvalue weighted by atomic mass is 16.5. The maximum absolute atomic E-state index is 10.7. The Labute approximate surface area is 157 Å². The van der Waals surface area contributed by atoms with Crippen LogP contribution in [0.2, 0.25) is 0 Å². The molecule has 25 heavy (non-hydrogen) atoms. The maximum Gasteiger partial charge on any atom is 0.161 e. The van der Waals surface area contributed by atoms with Gasteiger partial charge in [0.2, 0.25) is 0 Å². The Kier molecular flexibility index (Phi) is 3.70. The zero-order valence-electron chi connectivity index (χ0n) is 20.3. The summed E-state index contributed by atoms with van der Waals surface area (Å²) >= 11 is 0. The SMILES string of the molecule is [2H]C([2H])([2H])C([2H])([2H])Oc1cc2c(cc1OC)[C@H]1C[C@@H](O)[C@H](OC(C)(C)C)CN1CC2. The predicted octanol–water partition coefficient (Wildman–Crippen LogP) is 2.94. The molecule has 140 valence electrons. The fourth-order valence-corrected chi connectivity index (χ4v) is 3.85. The van der Waals surface area contributed by atoms with Crippen molar-refractivity contribution < 1.29 is 26.2 Å². The van der Waals surface area contributed by atoms with Crippen LogP contribution in [0.3, 0.4) is 0 Å². The molecule has 2 aliphatic heterocycles. The Morgan fingerprint density at radius 3 is 2.84 bits per heavy atom. The summed E-state index contributed by atoms with van der Waals surface area (Å²) in [6.45, 7) is 1.52. The molecule has 5 nitrogen and oxygen atoms in total. The van der Waals surface area contributed by atoms with Crippen molar-refractivity contribution in [1.82, 2.24) is 4.90 Å². The monoisotopic (exact) mass is 354 g/mol. The van der Waals surface area contributed by atoms with Crippen molar-refractivity contribution in [3.63, 3.8) is 0 Å². The first-order chi connectivity index (χ1) is 13.7. The number of rotatable bonds is 4. The van der Waals surface area contributed by atoms with Crippen molar-refractivity contribution in [3.05, 3.63) is 23.3 Å². The molecule has 0 unspecified atom stereocenters. The molecule has 1 aromatic rings. The smallest absolute Gasteiger partial charge is 0.161 e. The number of hydrogen-bond donors (Lipinski definition) is 1. The van der Waals surface area contributed by atoms with Crippen LogP contribution in [-0.4, -0.2) is 54.6 Å². The number of piperidine rings is 1. The van der Waals surface area contributed by atoms with E-state index in [9.17, 15) is 5.11 Å². The van der Waals surface area contributed by atoms with Crippen LogP contribution in [0.5, 0.6) is 11.5 Å². The van der Waals surface area contributed by atoms with Crippen LogP contribution >= 0.6 is 0 Å². The largest absolute Gasteiger partial charge is 0.493 e. The number of aliphatic hydroxyl groups is 1. The van der Waals surface area contributed by atoms with E-state index in [1.54, 1.807) is 12.1 Å². The number of methoxy groups -OCH3 is 1. The van der Waals surface area contributed by atoms with Gasteiger partial charge < -0.3 is 19.3 Å². The Bertz CT molecular complexity index is 778. The molecule has 3 rings (SSSR count). The molecular formula is C20H31NO4. The first kappa shape index (κ1) is 13.0. The molecule has 0 radical (unpaired) electrons. The quantitative estimate of drug-likeness (QED) is 0.901. The Morgan fingerprint density at radius 2 is 2.16 bits per heavy atom. The van der Waals surface area contributed by atoms with Gasteiger partial charge in [-0.25, -0.2) is 0 Å². The average Bonchev–Trinajstić information content (AvgIpc) is 2.59. The molecule has 1 fully saturated rings. The maximum atomic E-state index is 10.7. The third-order valence-corrected chi connectivity index (χ3v) is 4.87.